The lowest BCUT2D eigenvalue weighted by Crippen LogP contribution is -2.38. The summed E-state index contributed by atoms with van der Waals surface area (Å²) in [4.78, 5) is 14.2. The van der Waals surface area contributed by atoms with E-state index in [-0.39, 0.29) is 5.91 Å². The van der Waals surface area contributed by atoms with Crippen molar-refractivity contribution in [3.8, 4) is 11.5 Å². The van der Waals surface area contributed by atoms with Crippen LogP contribution in [0.1, 0.15) is 18.4 Å². The molecule has 25 heavy (non-hydrogen) atoms. The van der Waals surface area contributed by atoms with Crippen LogP contribution in [-0.4, -0.2) is 51.3 Å². The first kappa shape index (κ1) is 19.1. The average Bonchev–Trinajstić information content (AvgIpc) is 2.66. The van der Waals surface area contributed by atoms with Gasteiger partial charge in [-0.25, -0.2) is 0 Å². The first-order valence-corrected chi connectivity index (χ1v) is 8.55. The van der Waals surface area contributed by atoms with Gasteiger partial charge in [-0.1, -0.05) is 12.1 Å². The van der Waals surface area contributed by atoms with Crippen molar-refractivity contribution in [3.05, 3.63) is 42.5 Å². The number of benzene rings is 1. The Kier molecular flexibility index (Phi) is 7.54. The molecule has 0 N–H and O–H groups in total. The minimum absolute atomic E-state index is 0.0419. The summed E-state index contributed by atoms with van der Waals surface area (Å²) in [6.07, 6.45) is 7.15. The van der Waals surface area contributed by atoms with Crippen molar-refractivity contribution in [1.82, 2.24) is 4.90 Å². The van der Waals surface area contributed by atoms with Gasteiger partial charge in [0.05, 0.1) is 20.8 Å². The van der Waals surface area contributed by atoms with E-state index in [4.69, 9.17) is 14.2 Å². The number of likely N-dealkylation sites (tertiary alicyclic amines) is 1. The minimum Gasteiger partial charge on any atom is -0.493 e. The SMILES string of the molecule is C=CCOCC1CCN(C(=O)/C=C/c2ccc(OC)c(OC)c2)CC1. The van der Waals surface area contributed by atoms with Gasteiger partial charge in [-0.3, -0.25) is 4.79 Å². The third-order valence-electron chi connectivity index (χ3n) is 4.34. The summed E-state index contributed by atoms with van der Waals surface area (Å²) in [5.41, 5.74) is 0.902. The quantitative estimate of drug-likeness (QED) is 0.412. The van der Waals surface area contributed by atoms with Crippen LogP contribution in [0.2, 0.25) is 0 Å². The summed E-state index contributed by atoms with van der Waals surface area (Å²) in [6.45, 7) is 6.53. The first-order valence-electron chi connectivity index (χ1n) is 8.55. The Morgan fingerprint density at radius 3 is 2.60 bits per heavy atom. The fraction of sp³-hybridized carbons (Fsp3) is 0.450. The van der Waals surface area contributed by atoms with E-state index in [1.54, 1.807) is 26.4 Å². The highest BCUT2D eigenvalue weighted by Gasteiger charge is 2.21. The second-order valence-corrected chi connectivity index (χ2v) is 6.04. The molecule has 5 nitrogen and oxygen atoms in total. The highest BCUT2D eigenvalue weighted by molar-refractivity contribution is 5.91. The molecule has 1 saturated heterocycles. The Morgan fingerprint density at radius 1 is 1.24 bits per heavy atom. The topological polar surface area (TPSA) is 48.0 Å². The number of carbonyl (C=O) groups is 1. The van der Waals surface area contributed by atoms with E-state index < -0.39 is 0 Å². The van der Waals surface area contributed by atoms with Crippen LogP contribution in [0.4, 0.5) is 0 Å². The normalized spacial score (nSPS) is 15.4. The first-order chi connectivity index (χ1) is 12.2. The molecule has 0 aliphatic carbocycles. The maximum absolute atomic E-state index is 12.4. The van der Waals surface area contributed by atoms with Gasteiger partial charge >= 0.3 is 0 Å². The number of carbonyl (C=O) groups excluding carboxylic acids is 1. The lowest BCUT2D eigenvalue weighted by Gasteiger charge is -2.31. The van der Waals surface area contributed by atoms with E-state index in [9.17, 15) is 4.79 Å². The molecule has 136 valence electrons. The Hall–Kier alpha value is -2.27. The lowest BCUT2D eigenvalue weighted by atomic mass is 9.98. The average molecular weight is 345 g/mol. The van der Waals surface area contributed by atoms with Crippen molar-refractivity contribution < 1.29 is 19.0 Å². The Labute approximate surface area is 149 Å². The molecule has 5 heteroatoms. The maximum Gasteiger partial charge on any atom is 0.246 e. The molecule has 1 aromatic rings. The van der Waals surface area contributed by atoms with Crippen molar-refractivity contribution in [2.24, 2.45) is 5.92 Å². The van der Waals surface area contributed by atoms with Crippen LogP contribution in [0.15, 0.2) is 36.9 Å². The molecule has 0 atom stereocenters. The second kappa shape index (κ2) is 9.89. The summed E-state index contributed by atoms with van der Waals surface area (Å²) >= 11 is 0. The molecule has 0 aromatic heterocycles. The molecular weight excluding hydrogens is 318 g/mol. The van der Waals surface area contributed by atoms with E-state index in [2.05, 4.69) is 6.58 Å². The van der Waals surface area contributed by atoms with Crippen LogP contribution < -0.4 is 9.47 Å². The third-order valence-corrected chi connectivity index (χ3v) is 4.34. The van der Waals surface area contributed by atoms with Crippen molar-refractivity contribution in [2.45, 2.75) is 12.8 Å². The van der Waals surface area contributed by atoms with Gasteiger partial charge in [0.1, 0.15) is 0 Å². The van der Waals surface area contributed by atoms with E-state index in [1.165, 1.54) is 0 Å². The molecule has 0 saturated carbocycles. The van der Waals surface area contributed by atoms with Crippen molar-refractivity contribution >= 4 is 12.0 Å². The van der Waals surface area contributed by atoms with E-state index in [1.807, 2.05) is 29.2 Å². The molecule has 1 fully saturated rings. The summed E-state index contributed by atoms with van der Waals surface area (Å²) in [7, 11) is 3.20. The predicted molar refractivity (Wildman–Crippen MR) is 98.9 cm³/mol. The molecule has 0 radical (unpaired) electrons. The van der Waals surface area contributed by atoms with Crippen molar-refractivity contribution in [3.63, 3.8) is 0 Å². The third kappa shape index (κ3) is 5.64. The maximum atomic E-state index is 12.4. The van der Waals surface area contributed by atoms with Gasteiger partial charge in [0, 0.05) is 25.8 Å². The molecule has 1 amide bonds. The molecule has 0 spiro atoms. The van der Waals surface area contributed by atoms with Crippen LogP contribution in [0, 0.1) is 5.92 Å². The zero-order valence-corrected chi connectivity index (χ0v) is 15.1. The van der Waals surface area contributed by atoms with Gasteiger partial charge in [-0.05, 0) is 42.5 Å². The lowest BCUT2D eigenvalue weighted by molar-refractivity contribution is -0.127. The fourth-order valence-corrected chi connectivity index (χ4v) is 2.87. The smallest absolute Gasteiger partial charge is 0.246 e. The zero-order valence-electron chi connectivity index (χ0n) is 15.1. The predicted octanol–water partition coefficient (Wildman–Crippen LogP) is 3.16. The zero-order chi connectivity index (χ0) is 18.1. The van der Waals surface area contributed by atoms with E-state index in [0.717, 1.165) is 38.1 Å². The Morgan fingerprint density at radius 2 is 1.96 bits per heavy atom. The molecule has 1 aliphatic heterocycles. The number of piperidine rings is 1. The van der Waals surface area contributed by atoms with Crippen molar-refractivity contribution in [2.75, 3.05) is 40.5 Å². The second-order valence-electron chi connectivity index (χ2n) is 6.04. The molecule has 2 rings (SSSR count). The standard InChI is InChI=1S/C20H27NO4/c1-4-13-25-15-17-9-11-21(12-10-17)20(22)8-6-16-5-7-18(23-2)19(14-16)24-3/h4-8,14,17H,1,9-13,15H2,2-3H3/b8-6+. The summed E-state index contributed by atoms with van der Waals surface area (Å²) in [6, 6.07) is 5.58. The number of amides is 1. The number of methoxy groups -OCH3 is 2. The van der Waals surface area contributed by atoms with E-state index in [0.29, 0.717) is 24.0 Å². The van der Waals surface area contributed by atoms with Gasteiger partial charge in [0.15, 0.2) is 11.5 Å². The number of nitrogens with zero attached hydrogens (tertiary/aromatic N) is 1. The van der Waals surface area contributed by atoms with Crippen LogP contribution in [0.5, 0.6) is 11.5 Å². The summed E-state index contributed by atoms with van der Waals surface area (Å²) in [5, 5.41) is 0. The summed E-state index contributed by atoms with van der Waals surface area (Å²) < 4.78 is 16.0. The number of rotatable bonds is 8. The van der Waals surface area contributed by atoms with Gasteiger partial charge in [0.2, 0.25) is 5.91 Å². The van der Waals surface area contributed by atoms with Crippen LogP contribution in [0.25, 0.3) is 6.08 Å². The van der Waals surface area contributed by atoms with Crippen LogP contribution in [0.3, 0.4) is 0 Å². The number of hydrogen-bond donors (Lipinski definition) is 0. The minimum atomic E-state index is 0.0419. The van der Waals surface area contributed by atoms with Crippen molar-refractivity contribution in [1.29, 1.82) is 0 Å². The highest BCUT2D eigenvalue weighted by Crippen LogP contribution is 2.28. The van der Waals surface area contributed by atoms with Crippen LogP contribution in [-0.2, 0) is 9.53 Å². The molecular formula is C20H27NO4. The van der Waals surface area contributed by atoms with Gasteiger partial charge < -0.3 is 19.1 Å². The summed E-state index contributed by atoms with van der Waals surface area (Å²) in [5.74, 6) is 1.89. The fourth-order valence-electron chi connectivity index (χ4n) is 2.87. The molecule has 0 bridgehead atoms. The highest BCUT2D eigenvalue weighted by atomic mass is 16.5. The molecule has 1 aromatic carbocycles. The Balaban J connectivity index is 1.86. The molecule has 1 aliphatic rings. The van der Waals surface area contributed by atoms with Crippen LogP contribution >= 0.6 is 0 Å². The largest absolute Gasteiger partial charge is 0.493 e. The number of hydrogen-bond acceptors (Lipinski definition) is 4. The van der Waals surface area contributed by atoms with Gasteiger partial charge in [-0.15, -0.1) is 6.58 Å². The Bertz CT molecular complexity index is 604. The van der Waals surface area contributed by atoms with Gasteiger partial charge in [-0.2, -0.15) is 0 Å². The molecule has 1 heterocycles. The molecule has 0 unspecified atom stereocenters. The van der Waals surface area contributed by atoms with E-state index >= 15 is 0 Å². The monoisotopic (exact) mass is 345 g/mol. The van der Waals surface area contributed by atoms with Gasteiger partial charge in [0.25, 0.3) is 0 Å². The number of ether oxygens (including phenoxy) is 3.